The molecule has 108 valence electrons. The first-order valence-electron chi connectivity index (χ1n) is 6.09. The molecule has 0 aromatic carbocycles. The molecule has 1 rings (SSSR count). The molecule has 8 nitrogen and oxygen atoms in total. The fourth-order valence-corrected chi connectivity index (χ4v) is 4.27. The summed E-state index contributed by atoms with van der Waals surface area (Å²) in [4.78, 5) is 14.3. The minimum Gasteiger partial charge on any atom is -0.368 e. The van der Waals surface area contributed by atoms with Gasteiger partial charge in [-0.15, -0.1) is 0 Å². The molecule has 2 atom stereocenters. The monoisotopic (exact) mass is 289 g/mol. The van der Waals surface area contributed by atoms with Crippen molar-refractivity contribution in [2.24, 2.45) is 10.8 Å². The molecule has 1 aliphatic carbocycles. The topological polar surface area (TPSA) is 138 Å². The van der Waals surface area contributed by atoms with E-state index in [0.29, 0.717) is 38.8 Å². The van der Waals surface area contributed by atoms with Crippen molar-refractivity contribution in [3.63, 3.8) is 0 Å². The summed E-state index contributed by atoms with van der Waals surface area (Å²) in [6.45, 7) is 0.676. The average molecular weight is 289 g/mol. The Morgan fingerprint density at radius 3 is 2.84 bits per heavy atom. The van der Waals surface area contributed by atoms with E-state index in [0.717, 1.165) is 6.26 Å². The van der Waals surface area contributed by atoms with E-state index in [1.807, 2.05) is 0 Å². The van der Waals surface area contributed by atoms with Gasteiger partial charge in [0.1, 0.15) is 5.54 Å². The quantitative estimate of drug-likeness (QED) is 0.297. The molecule has 0 heterocycles. The van der Waals surface area contributed by atoms with Crippen LogP contribution in [0.15, 0.2) is 5.11 Å². The van der Waals surface area contributed by atoms with Gasteiger partial charge in [0.25, 0.3) is 0 Å². The molecule has 0 aromatic rings. The third-order valence-electron chi connectivity index (χ3n) is 3.48. The Labute approximate surface area is 112 Å². The van der Waals surface area contributed by atoms with E-state index in [1.54, 1.807) is 0 Å². The van der Waals surface area contributed by atoms with Crippen LogP contribution in [0.4, 0.5) is 0 Å². The molecular formula is C10H19N5O3S. The van der Waals surface area contributed by atoms with Crippen LogP contribution >= 0.6 is 0 Å². The fraction of sp³-hybridized carbons (Fsp3) is 0.900. The van der Waals surface area contributed by atoms with Crippen molar-refractivity contribution < 1.29 is 13.2 Å². The number of carbonyl (C=O) groups excluding carboxylic acids is 1. The summed E-state index contributed by atoms with van der Waals surface area (Å²) in [5, 5.41) is 5.57. The fourth-order valence-electron chi connectivity index (χ4n) is 2.63. The zero-order valence-electron chi connectivity index (χ0n) is 10.9. The number of azide groups is 1. The number of nitrogens with zero attached hydrogens (tertiary/aromatic N) is 3. The van der Waals surface area contributed by atoms with Crippen molar-refractivity contribution in [1.82, 2.24) is 5.32 Å². The van der Waals surface area contributed by atoms with Gasteiger partial charge in [-0.05, 0) is 37.8 Å². The van der Waals surface area contributed by atoms with Gasteiger partial charge in [0.2, 0.25) is 5.91 Å². The number of carbonyl (C=O) groups is 1. The van der Waals surface area contributed by atoms with Gasteiger partial charge in [-0.25, -0.2) is 8.42 Å². The third kappa shape index (κ3) is 3.59. The molecule has 1 amide bonds. The standard InChI is InChI=1S/C10H19N5O3S/c1-19(17,18)8-4-2-5-10(8,9(11)16)13-6-3-7-14-15-12/h8,13H,2-7H2,1H3,(H2,11,16). The van der Waals surface area contributed by atoms with E-state index >= 15 is 0 Å². The maximum Gasteiger partial charge on any atom is 0.239 e. The first kappa shape index (κ1) is 15.7. The van der Waals surface area contributed by atoms with Crippen LogP contribution in [-0.4, -0.2) is 44.5 Å². The predicted octanol–water partition coefficient (Wildman–Crippen LogP) is 0.0976. The van der Waals surface area contributed by atoms with Crippen LogP contribution in [0.2, 0.25) is 0 Å². The number of nitrogens with two attached hydrogens (primary N) is 1. The first-order valence-corrected chi connectivity index (χ1v) is 8.04. The highest BCUT2D eigenvalue weighted by Crippen LogP contribution is 2.34. The Bertz CT molecular complexity index is 485. The maximum absolute atomic E-state index is 11.8. The summed E-state index contributed by atoms with van der Waals surface area (Å²) < 4.78 is 23.5. The molecule has 0 bridgehead atoms. The summed E-state index contributed by atoms with van der Waals surface area (Å²) in [5.74, 6) is -0.635. The van der Waals surface area contributed by atoms with Crippen molar-refractivity contribution in [3.8, 4) is 0 Å². The second kappa shape index (κ2) is 6.23. The van der Waals surface area contributed by atoms with Crippen LogP contribution < -0.4 is 11.1 Å². The second-order valence-corrected chi connectivity index (χ2v) is 7.01. The van der Waals surface area contributed by atoms with Crippen LogP contribution in [0.1, 0.15) is 25.7 Å². The number of hydrogen-bond donors (Lipinski definition) is 2. The summed E-state index contributed by atoms with van der Waals surface area (Å²) in [7, 11) is -3.35. The van der Waals surface area contributed by atoms with Crippen LogP contribution in [0.25, 0.3) is 10.4 Å². The largest absolute Gasteiger partial charge is 0.368 e. The molecule has 2 unspecified atom stereocenters. The van der Waals surface area contributed by atoms with Gasteiger partial charge in [0.15, 0.2) is 9.84 Å². The molecule has 1 aliphatic rings. The lowest BCUT2D eigenvalue weighted by Crippen LogP contribution is -2.62. The van der Waals surface area contributed by atoms with Gasteiger partial charge in [0, 0.05) is 17.7 Å². The van der Waals surface area contributed by atoms with Crippen LogP contribution in [-0.2, 0) is 14.6 Å². The second-order valence-electron chi connectivity index (χ2n) is 4.78. The predicted molar refractivity (Wildman–Crippen MR) is 71.0 cm³/mol. The maximum atomic E-state index is 11.8. The molecule has 1 saturated carbocycles. The minimum absolute atomic E-state index is 0.294. The molecule has 1 fully saturated rings. The lowest BCUT2D eigenvalue weighted by atomic mass is 9.96. The van der Waals surface area contributed by atoms with E-state index < -0.39 is 26.5 Å². The Morgan fingerprint density at radius 2 is 2.32 bits per heavy atom. The van der Waals surface area contributed by atoms with Gasteiger partial charge in [-0.3, -0.25) is 4.79 Å². The SMILES string of the molecule is CS(=O)(=O)C1CCCC1(NCCCN=[N+]=[N-])C(N)=O. The zero-order chi connectivity index (χ0) is 14.5. The van der Waals surface area contributed by atoms with E-state index in [2.05, 4.69) is 15.3 Å². The molecule has 0 aliphatic heterocycles. The summed E-state index contributed by atoms with van der Waals surface area (Å²) in [6, 6.07) is 0. The smallest absolute Gasteiger partial charge is 0.239 e. The van der Waals surface area contributed by atoms with E-state index in [9.17, 15) is 13.2 Å². The van der Waals surface area contributed by atoms with Crippen molar-refractivity contribution in [1.29, 1.82) is 0 Å². The molecule has 9 heteroatoms. The minimum atomic E-state index is -3.35. The van der Waals surface area contributed by atoms with Crippen molar-refractivity contribution in [2.75, 3.05) is 19.3 Å². The number of rotatable bonds is 7. The highest BCUT2D eigenvalue weighted by molar-refractivity contribution is 7.91. The Balaban J connectivity index is 2.80. The third-order valence-corrected chi connectivity index (χ3v) is 5.15. The number of amides is 1. The highest BCUT2D eigenvalue weighted by atomic mass is 32.2. The summed E-state index contributed by atoms with van der Waals surface area (Å²) >= 11 is 0. The number of sulfone groups is 1. The Morgan fingerprint density at radius 1 is 1.63 bits per heavy atom. The number of hydrogen-bond acceptors (Lipinski definition) is 5. The van der Waals surface area contributed by atoms with Crippen molar-refractivity contribution in [2.45, 2.75) is 36.5 Å². The zero-order valence-corrected chi connectivity index (χ0v) is 11.7. The van der Waals surface area contributed by atoms with E-state index in [4.69, 9.17) is 11.3 Å². The normalized spacial score (nSPS) is 26.9. The van der Waals surface area contributed by atoms with Gasteiger partial charge in [-0.2, -0.15) is 0 Å². The van der Waals surface area contributed by atoms with Crippen LogP contribution in [0.3, 0.4) is 0 Å². The molecule has 0 saturated heterocycles. The Kier molecular flexibility index (Phi) is 5.16. The van der Waals surface area contributed by atoms with E-state index in [1.165, 1.54) is 0 Å². The molecule has 3 N–H and O–H groups in total. The molecule has 0 radical (unpaired) electrons. The van der Waals surface area contributed by atoms with Crippen molar-refractivity contribution >= 4 is 15.7 Å². The first-order chi connectivity index (χ1) is 8.84. The summed E-state index contributed by atoms with van der Waals surface area (Å²) in [5.41, 5.74) is 12.4. The van der Waals surface area contributed by atoms with Crippen molar-refractivity contribution in [3.05, 3.63) is 10.4 Å². The average Bonchev–Trinajstić information content (AvgIpc) is 2.73. The van der Waals surface area contributed by atoms with Gasteiger partial charge in [0.05, 0.1) is 5.25 Å². The number of primary amides is 1. The number of nitrogens with one attached hydrogen (secondary N) is 1. The molecule has 0 aromatic heterocycles. The van der Waals surface area contributed by atoms with Gasteiger partial charge >= 0.3 is 0 Å². The lowest BCUT2D eigenvalue weighted by molar-refractivity contribution is -0.124. The molecular weight excluding hydrogens is 270 g/mol. The highest BCUT2D eigenvalue weighted by Gasteiger charge is 2.52. The van der Waals surface area contributed by atoms with Crippen LogP contribution in [0.5, 0.6) is 0 Å². The van der Waals surface area contributed by atoms with Gasteiger partial charge < -0.3 is 11.1 Å². The lowest BCUT2D eigenvalue weighted by Gasteiger charge is -2.32. The Hall–Kier alpha value is -1.31. The molecule has 19 heavy (non-hydrogen) atoms. The van der Waals surface area contributed by atoms with Crippen LogP contribution in [0, 0.1) is 0 Å². The molecule has 0 spiro atoms. The van der Waals surface area contributed by atoms with Gasteiger partial charge in [-0.1, -0.05) is 5.11 Å². The van der Waals surface area contributed by atoms with E-state index in [-0.39, 0.29) is 0 Å². The summed E-state index contributed by atoms with van der Waals surface area (Å²) in [6.07, 6.45) is 3.15.